The fourth-order valence-corrected chi connectivity index (χ4v) is 2.72. The lowest BCUT2D eigenvalue weighted by Crippen LogP contribution is -2.44. The second-order valence-corrected chi connectivity index (χ2v) is 6.00. The molecule has 1 N–H and O–H groups in total. The second kappa shape index (κ2) is 7.29. The molecule has 0 aromatic heterocycles. The van der Waals surface area contributed by atoms with Gasteiger partial charge in [-0.15, -0.1) is 0 Å². The van der Waals surface area contributed by atoms with Gasteiger partial charge in [-0.2, -0.15) is 0 Å². The smallest absolute Gasteiger partial charge is 0.308 e. The minimum Gasteiger partial charge on any atom is -0.483 e. The predicted molar refractivity (Wildman–Crippen MR) is 83.0 cm³/mol. The Labute approximate surface area is 130 Å². The minimum absolute atomic E-state index is 0.0456. The van der Waals surface area contributed by atoms with Crippen molar-refractivity contribution in [2.24, 2.45) is 5.92 Å². The third-order valence-electron chi connectivity index (χ3n) is 4.02. The number of carboxylic acids is 1. The number of benzene rings is 1. The van der Waals surface area contributed by atoms with Crippen molar-refractivity contribution in [2.45, 2.75) is 32.6 Å². The Morgan fingerprint density at radius 1 is 1.36 bits per heavy atom. The first-order valence-electron chi connectivity index (χ1n) is 7.71. The van der Waals surface area contributed by atoms with Crippen LogP contribution in [0.15, 0.2) is 24.3 Å². The van der Waals surface area contributed by atoms with Crippen molar-refractivity contribution in [1.29, 1.82) is 0 Å². The first kappa shape index (κ1) is 16.3. The van der Waals surface area contributed by atoms with E-state index in [-0.39, 0.29) is 19.1 Å². The lowest BCUT2D eigenvalue weighted by atomic mass is 9.98. The van der Waals surface area contributed by atoms with Crippen LogP contribution in [-0.2, 0) is 9.59 Å². The number of carbonyl (C=O) groups is 2. The van der Waals surface area contributed by atoms with Gasteiger partial charge in [0.1, 0.15) is 5.75 Å². The van der Waals surface area contributed by atoms with Crippen molar-refractivity contribution >= 4 is 11.9 Å². The molecule has 1 atom stereocenters. The van der Waals surface area contributed by atoms with Crippen LogP contribution in [0.25, 0.3) is 0 Å². The molecule has 5 heteroatoms. The molecule has 0 saturated carbocycles. The van der Waals surface area contributed by atoms with E-state index in [0.717, 1.165) is 17.7 Å². The van der Waals surface area contributed by atoms with Gasteiger partial charge in [-0.25, -0.2) is 0 Å². The number of para-hydroxylation sites is 1. The van der Waals surface area contributed by atoms with Crippen molar-refractivity contribution in [3.63, 3.8) is 0 Å². The molecular formula is C17H23NO4. The zero-order chi connectivity index (χ0) is 16.1. The molecule has 0 aliphatic carbocycles. The number of hydrogen-bond donors (Lipinski definition) is 1. The van der Waals surface area contributed by atoms with E-state index in [1.807, 2.05) is 24.3 Å². The molecule has 1 fully saturated rings. The van der Waals surface area contributed by atoms with Crippen molar-refractivity contribution in [3.8, 4) is 5.75 Å². The molecule has 1 saturated heterocycles. The van der Waals surface area contributed by atoms with Crippen LogP contribution in [0.3, 0.4) is 0 Å². The van der Waals surface area contributed by atoms with Crippen LogP contribution in [-0.4, -0.2) is 41.6 Å². The van der Waals surface area contributed by atoms with Gasteiger partial charge < -0.3 is 14.7 Å². The number of ether oxygens (including phenoxy) is 1. The summed E-state index contributed by atoms with van der Waals surface area (Å²) in [6.07, 6.45) is 1.36. The number of rotatable bonds is 5. The second-order valence-electron chi connectivity index (χ2n) is 6.00. The van der Waals surface area contributed by atoms with Gasteiger partial charge in [0.25, 0.3) is 5.91 Å². The Kier molecular flexibility index (Phi) is 5.41. The highest BCUT2D eigenvalue weighted by atomic mass is 16.5. The SMILES string of the molecule is CC(C)c1ccccc1OCC(=O)N1CCCC(C(=O)O)C1. The van der Waals surface area contributed by atoms with Gasteiger partial charge in [0.05, 0.1) is 5.92 Å². The Bertz CT molecular complexity index is 541. The minimum atomic E-state index is -0.830. The van der Waals surface area contributed by atoms with E-state index in [2.05, 4.69) is 13.8 Å². The molecule has 2 rings (SSSR count). The van der Waals surface area contributed by atoms with Crippen LogP contribution in [0, 0.1) is 5.92 Å². The number of carbonyl (C=O) groups excluding carboxylic acids is 1. The molecule has 1 aromatic carbocycles. The Morgan fingerprint density at radius 2 is 2.09 bits per heavy atom. The maximum Gasteiger partial charge on any atom is 0.308 e. The standard InChI is InChI=1S/C17H23NO4/c1-12(2)14-7-3-4-8-15(14)22-11-16(19)18-9-5-6-13(10-18)17(20)21/h3-4,7-8,12-13H,5-6,9-11H2,1-2H3,(H,20,21). The maximum atomic E-state index is 12.2. The summed E-state index contributed by atoms with van der Waals surface area (Å²) in [6, 6.07) is 7.68. The summed E-state index contributed by atoms with van der Waals surface area (Å²) in [4.78, 5) is 24.9. The van der Waals surface area contributed by atoms with Gasteiger partial charge in [0.15, 0.2) is 6.61 Å². The van der Waals surface area contributed by atoms with Crippen molar-refractivity contribution < 1.29 is 19.4 Å². The lowest BCUT2D eigenvalue weighted by Gasteiger charge is -2.30. The molecule has 0 spiro atoms. The lowest BCUT2D eigenvalue weighted by molar-refractivity contribution is -0.146. The van der Waals surface area contributed by atoms with E-state index < -0.39 is 11.9 Å². The summed E-state index contributed by atoms with van der Waals surface area (Å²) < 4.78 is 5.67. The summed E-state index contributed by atoms with van der Waals surface area (Å²) in [5, 5.41) is 9.07. The van der Waals surface area contributed by atoms with Crippen molar-refractivity contribution in [3.05, 3.63) is 29.8 Å². The molecule has 1 aliphatic rings. The van der Waals surface area contributed by atoms with Crippen LogP contribution >= 0.6 is 0 Å². The fourth-order valence-electron chi connectivity index (χ4n) is 2.72. The highest BCUT2D eigenvalue weighted by Crippen LogP contribution is 2.26. The summed E-state index contributed by atoms with van der Waals surface area (Å²) in [5.74, 6) is -0.399. The maximum absolute atomic E-state index is 12.2. The van der Waals surface area contributed by atoms with E-state index >= 15 is 0 Å². The molecule has 120 valence electrons. The first-order valence-corrected chi connectivity index (χ1v) is 7.71. The van der Waals surface area contributed by atoms with Gasteiger partial charge in [-0.05, 0) is 30.4 Å². The third kappa shape index (κ3) is 4.00. The molecule has 1 unspecified atom stereocenters. The first-order chi connectivity index (χ1) is 10.5. The average molecular weight is 305 g/mol. The number of hydrogen-bond acceptors (Lipinski definition) is 3. The van der Waals surface area contributed by atoms with Crippen LogP contribution in [0.5, 0.6) is 5.75 Å². The van der Waals surface area contributed by atoms with Gasteiger partial charge in [-0.3, -0.25) is 9.59 Å². The molecule has 22 heavy (non-hydrogen) atoms. The zero-order valence-corrected chi connectivity index (χ0v) is 13.1. The number of nitrogens with zero attached hydrogens (tertiary/aromatic N) is 1. The van der Waals surface area contributed by atoms with Crippen LogP contribution in [0.1, 0.15) is 38.2 Å². The summed E-state index contributed by atoms with van der Waals surface area (Å²) in [6.45, 7) is 5.00. The number of amides is 1. The fraction of sp³-hybridized carbons (Fsp3) is 0.529. The third-order valence-corrected chi connectivity index (χ3v) is 4.02. The molecule has 0 bridgehead atoms. The monoisotopic (exact) mass is 305 g/mol. The molecule has 1 heterocycles. The Balaban J connectivity index is 1.94. The van der Waals surface area contributed by atoms with Crippen LogP contribution in [0.4, 0.5) is 0 Å². The summed E-state index contributed by atoms with van der Waals surface area (Å²) in [7, 11) is 0. The van der Waals surface area contributed by atoms with Gasteiger partial charge in [0, 0.05) is 13.1 Å². The molecule has 1 aliphatic heterocycles. The van der Waals surface area contributed by atoms with Crippen LogP contribution < -0.4 is 4.74 Å². The molecular weight excluding hydrogens is 282 g/mol. The van der Waals surface area contributed by atoms with E-state index in [9.17, 15) is 9.59 Å². The summed E-state index contributed by atoms with van der Waals surface area (Å²) in [5.41, 5.74) is 1.07. The largest absolute Gasteiger partial charge is 0.483 e. The number of likely N-dealkylation sites (tertiary alicyclic amines) is 1. The van der Waals surface area contributed by atoms with E-state index in [1.165, 1.54) is 0 Å². The Morgan fingerprint density at radius 3 is 2.77 bits per heavy atom. The quantitative estimate of drug-likeness (QED) is 0.907. The number of carboxylic acid groups (broad SMARTS) is 1. The Hall–Kier alpha value is -2.04. The molecule has 5 nitrogen and oxygen atoms in total. The summed E-state index contributed by atoms with van der Waals surface area (Å²) >= 11 is 0. The topological polar surface area (TPSA) is 66.8 Å². The van der Waals surface area contributed by atoms with Crippen molar-refractivity contribution in [2.75, 3.05) is 19.7 Å². The molecule has 0 radical (unpaired) electrons. The van der Waals surface area contributed by atoms with E-state index in [0.29, 0.717) is 18.9 Å². The van der Waals surface area contributed by atoms with Crippen molar-refractivity contribution in [1.82, 2.24) is 4.90 Å². The van der Waals surface area contributed by atoms with Gasteiger partial charge in [0.2, 0.25) is 0 Å². The average Bonchev–Trinajstić information content (AvgIpc) is 2.52. The molecule has 1 amide bonds. The van der Waals surface area contributed by atoms with Gasteiger partial charge >= 0.3 is 5.97 Å². The number of aliphatic carboxylic acids is 1. The van der Waals surface area contributed by atoms with E-state index in [1.54, 1.807) is 4.90 Å². The van der Waals surface area contributed by atoms with Gasteiger partial charge in [-0.1, -0.05) is 32.0 Å². The zero-order valence-electron chi connectivity index (χ0n) is 13.1. The van der Waals surface area contributed by atoms with E-state index in [4.69, 9.17) is 9.84 Å². The number of piperidine rings is 1. The highest BCUT2D eigenvalue weighted by Gasteiger charge is 2.28. The van der Waals surface area contributed by atoms with Crippen LogP contribution in [0.2, 0.25) is 0 Å². The normalized spacial score (nSPS) is 18.3. The molecule has 1 aromatic rings. The highest BCUT2D eigenvalue weighted by molar-refractivity contribution is 5.79. The predicted octanol–water partition coefficient (Wildman–Crippen LogP) is 2.51.